The first-order valence-corrected chi connectivity index (χ1v) is 6.88. The number of benzene rings is 2. The molecule has 104 valence electrons. The largest absolute Gasteiger partial charge is 0.505 e. The molecule has 0 heterocycles. The Kier molecular flexibility index (Phi) is 4.52. The van der Waals surface area contributed by atoms with Gasteiger partial charge in [-0.25, -0.2) is 4.39 Å². The van der Waals surface area contributed by atoms with Gasteiger partial charge in [0.25, 0.3) is 5.91 Å². The molecule has 0 bridgehead atoms. The standard InChI is InChI=1S/C13H7BrCl2FNO2/c14-8-2-1-6(3-11(8)17)13(20)18-7-4-9(15)12(19)10(16)5-7/h1-5,19H,(H,18,20). The zero-order valence-electron chi connectivity index (χ0n) is 9.75. The van der Waals surface area contributed by atoms with Crippen molar-refractivity contribution >= 4 is 50.7 Å². The Hall–Kier alpha value is -1.30. The minimum Gasteiger partial charge on any atom is -0.505 e. The maximum Gasteiger partial charge on any atom is 0.255 e. The summed E-state index contributed by atoms with van der Waals surface area (Å²) < 4.78 is 13.6. The molecule has 2 N–H and O–H groups in total. The summed E-state index contributed by atoms with van der Waals surface area (Å²) in [6, 6.07) is 6.68. The third-order valence-corrected chi connectivity index (χ3v) is 3.68. The highest BCUT2D eigenvalue weighted by atomic mass is 79.9. The van der Waals surface area contributed by atoms with Gasteiger partial charge in [0.1, 0.15) is 5.82 Å². The van der Waals surface area contributed by atoms with Crippen molar-refractivity contribution < 1.29 is 14.3 Å². The van der Waals surface area contributed by atoms with Gasteiger partial charge in [-0.15, -0.1) is 0 Å². The number of anilines is 1. The van der Waals surface area contributed by atoms with Gasteiger partial charge in [-0.1, -0.05) is 23.2 Å². The Bertz CT molecular complexity index is 671. The van der Waals surface area contributed by atoms with E-state index in [1.165, 1.54) is 24.3 Å². The van der Waals surface area contributed by atoms with Gasteiger partial charge in [-0.2, -0.15) is 0 Å². The molecule has 0 aliphatic carbocycles. The molecule has 0 fully saturated rings. The van der Waals surface area contributed by atoms with Crippen LogP contribution in [0.25, 0.3) is 0 Å². The van der Waals surface area contributed by atoms with Gasteiger partial charge >= 0.3 is 0 Å². The molecule has 2 rings (SSSR count). The maximum atomic E-state index is 13.4. The smallest absolute Gasteiger partial charge is 0.255 e. The van der Waals surface area contributed by atoms with E-state index in [-0.39, 0.29) is 25.8 Å². The number of carbonyl (C=O) groups is 1. The van der Waals surface area contributed by atoms with Crippen LogP contribution >= 0.6 is 39.1 Å². The molecular formula is C13H7BrCl2FNO2. The normalized spacial score (nSPS) is 10.4. The molecule has 0 aliphatic heterocycles. The number of phenols is 1. The number of nitrogens with one attached hydrogen (secondary N) is 1. The van der Waals surface area contributed by atoms with E-state index in [4.69, 9.17) is 23.2 Å². The number of hydrogen-bond donors (Lipinski definition) is 2. The Morgan fingerprint density at radius 1 is 1.20 bits per heavy atom. The van der Waals surface area contributed by atoms with Crippen LogP contribution in [0.5, 0.6) is 5.75 Å². The molecule has 0 aliphatic rings. The van der Waals surface area contributed by atoms with E-state index in [1.54, 1.807) is 0 Å². The van der Waals surface area contributed by atoms with Crippen LogP contribution in [0.15, 0.2) is 34.8 Å². The molecule has 0 atom stereocenters. The molecule has 0 aromatic heterocycles. The van der Waals surface area contributed by atoms with Crippen molar-refractivity contribution in [2.24, 2.45) is 0 Å². The quantitative estimate of drug-likeness (QED) is 0.733. The molecule has 0 radical (unpaired) electrons. The van der Waals surface area contributed by atoms with Crippen molar-refractivity contribution in [2.75, 3.05) is 5.32 Å². The first-order valence-electron chi connectivity index (χ1n) is 5.33. The van der Waals surface area contributed by atoms with Crippen molar-refractivity contribution in [2.45, 2.75) is 0 Å². The van der Waals surface area contributed by atoms with Crippen LogP contribution < -0.4 is 5.32 Å². The van der Waals surface area contributed by atoms with Gasteiger partial charge in [-0.3, -0.25) is 4.79 Å². The molecule has 7 heteroatoms. The van der Waals surface area contributed by atoms with E-state index in [9.17, 15) is 14.3 Å². The first-order chi connectivity index (χ1) is 9.38. The Balaban J connectivity index is 2.25. The van der Waals surface area contributed by atoms with Crippen LogP contribution in [0.2, 0.25) is 10.0 Å². The zero-order chi connectivity index (χ0) is 14.9. The van der Waals surface area contributed by atoms with Crippen LogP contribution in [-0.4, -0.2) is 11.0 Å². The fourth-order valence-electron chi connectivity index (χ4n) is 1.48. The fraction of sp³-hybridized carbons (Fsp3) is 0. The van der Waals surface area contributed by atoms with Gasteiger partial charge in [0.2, 0.25) is 0 Å². The van der Waals surface area contributed by atoms with E-state index < -0.39 is 11.7 Å². The average molecular weight is 379 g/mol. The van der Waals surface area contributed by atoms with E-state index >= 15 is 0 Å². The summed E-state index contributed by atoms with van der Waals surface area (Å²) in [5.41, 5.74) is 0.442. The molecule has 20 heavy (non-hydrogen) atoms. The molecular weight excluding hydrogens is 372 g/mol. The maximum absolute atomic E-state index is 13.4. The van der Waals surface area contributed by atoms with Crippen LogP contribution in [0, 0.1) is 5.82 Å². The fourth-order valence-corrected chi connectivity index (χ4v) is 2.21. The predicted octanol–water partition coefficient (Wildman–Crippen LogP) is 4.85. The Morgan fingerprint density at radius 3 is 2.35 bits per heavy atom. The highest BCUT2D eigenvalue weighted by molar-refractivity contribution is 9.10. The van der Waals surface area contributed by atoms with Gasteiger partial charge in [0.15, 0.2) is 5.75 Å². The zero-order valence-corrected chi connectivity index (χ0v) is 12.9. The molecule has 0 saturated carbocycles. The third-order valence-electron chi connectivity index (χ3n) is 2.46. The highest BCUT2D eigenvalue weighted by Crippen LogP contribution is 2.34. The highest BCUT2D eigenvalue weighted by Gasteiger charge is 2.12. The summed E-state index contributed by atoms with van der Waals surface area (Å²) >= 11 is 14.5. The second kappa shape index (κ2) is 5.99. The van der Waals surface area contributed by atoms with Crippen LogP contribution in [0.1, 0.15) is 10.4 Å². The number of halogens is 4. The van der Waals surface area contributed by atoms with Gasteiger partial charge < -0.3 is 10.4 Å². The van der Waals surface area contributed by atoms with Crippen molar-refractivity contribution in [3.8, 4) is 5.75 Å². The van der Waals surface area contributed by atoms with Crippen LogP contribution in [0.4, 0.5) is 10.1 Å². The van der Waals surface area contributed by atoms with E-state index in [2.05, 4.69) is 21.2 Å². The lowest BCUT2D eigenvalue weighted by atomic mass is 10.2. The van der Waals surface area contributed by atoms with Crippen molar-refractivity contribution in [3.63, 3.8) is 0 Å². The second-order valence-electron chi connectivity index (χ2n) is 3.87. The molecule has 1 amide bonds. The molecule has 0 saturated heterocycles. The third kappa shape index (κ3) is 3.23. The SMILES string of the molecule is O=C(Nc1cc(Cl)c(O)c(Cl)c1)c1ccc(Br)c(F)c1. The topological polar surface area (TPSA) is 49.3 Å². The van der Waals surface area contributed by atoms with E-state index in [1.807, 2.05) is 0 Å². The van der Waals surface area contributed by atoms with Gasteiger partial charge in [0, 0.05) is 11.3 Å². The van der Waals surface area contributed by atoms with Crippen molar-refractivity contribution in [3.05, 3.63) is 56.2 Å². The van der Waals surface area contributed by atoms with Crippen LogP contribution in [0.3, 0.4) is 0 Å². The molecule has 3 nitrogen and oxygen atoms in total. The number of amides is 1. The molecule has 2 aromatic carbocycles. The Morgan fingerprint density at radius 2 is 1.80 bits per heavy atom. The Labute approximate surface area is 132 Å². The number of carbonyl (C=O) groups excluding carboxylic acids is 1. The van der Waals surface area contributed by atoms with E-state index in [0.29, 0.717) is 5.69 Å². The molecule has 0 unspecified atom stereocenters. The summed E-state index contributed by atoms with van der Waals surface area (Å²) in [5.74, 6) is -1.32. The second-order valence-corrected chi connectivity index (χ2v) is 5.54. The lowest BCUT2D eigenvalue weighted by molar-refractivity contribution is 0.102. The number of aromatic hydroxyl groups is 1. The van der Waals surface area contributed by atoms with Gasteiger partial charge in [-0.05, 0) is 46.3 Å². The average Bonchev–Trinajstić information content (AvgIpc) is 2.39. The summed E-state index contributed by atoms with van der Waals surface area (Å²) in [4.78, 5) is 11.9. The number of phenolic OH excluding ortho intramolecular Hbond substituents is 1. The minimum atomic E-state index is -0.542. The molecule has 0 spiro atoms. The summed E-state index contributed by atoms with van der Waals surface area (Å²) in [6.07, 6.45) is 0. The van der Waals surface area contributed by atoms with E-state index in [0.717, 1.165) is 6.07 Å². The monoisotopic (exact) mass is 377 g/mol. The minimum absolute atomic E-state index is 0.00906. The molecule has 2 aromatic rings. The van der Waals surface area contributed by atoms with Crippen LogP contribution in [-0.2, 0) is 0 Å². The van der Waals surface area contributed by atoms with Gasteiger partial charge in [0.05, 0.1) is 14.5 Å². The predicted molar refractivity (Wildman–Crippen MR) is 80.2 cm³/mol. The number of rotatable bonds is 2. The number of hydrogen-bond acceptors (Lipinski definition) is 2. The summed E-state index contributed by atoms with van der Waals surface area (Å²) in [6.45, 7) is 0. The summed E-state index contributed by atoms with van der Waals surface area (Å²) in [7, 11) is 0. The van der Waals surface area contributed by atoms with Crippen molar-refractivity contribution in [1.29, 1.82) is 0 Å². The first kappa shape index (κ1) is 15.1. The summed E-state index contributed by atoms with van der Waals surface area (Å²) in [5, 5.41) is 11.9. The lowest BCUT2D eigenvalue weighted by Gasteiger charge is -2.08. The lowest BCUT2D eigenvalue weighted by Crippen LogP contribution is -2.12. The van der Waals surface area contributed by atoms with Crippen molar-refractivity contribution in [1.82, 2.24) is 0 Å².